The lowest BCUT2D eigenvalue weighted by Gasteiger charge is -2.48. The molecule has 0 radical (unpaired) electrons. The molecule has 1 aliphatic rings. The highest BCUT2D eigenvalue weighted by atomic mass is 16.6. The van der Waals surface area contributed by atoms with E-state index in [0.717, 1.165) is 0 Å². The van der Waals surface area contributed by atoms with E-state index in [-0.39, 0.29) is 22.5 Å². The van der Waals surface area contributed by atoms with Crippen molar-refractivity contribution < 1.29 is 24.7 Å². The van der Waals surface area contributed by atoms with Gasteiger partial charge in [0.2, 0.25) is 0 Å². The molecule has 0 fully saturated rings. The summed E-state index contributed by atoms with van der Waals surface area (Å²) in [6.45, 7) is 4.78. The number of nitrogens with zero attached hydrogens (tertiary/aromatic N) is 1. The molecule has 3 unspecified atom stereocenters. The second-order valence-electron chi connectivity index (χ2n) is 6.64. The Hall–Kier alpha value is -2.94. The highest BCUT2D eigenvalue weighted by Gasteiger charge is 2.58. The van der Waals surface area contributed by atoms with Crippen molar-refractivity contribution in [1.29, 1.82) is 0 Å². The van der Waals surface area contributed by atoms with Crippen molar-refractivity contribution >= 4 is 17.6 Å². The first kappa shape index (κ1) is 19.4. The van der Waals surface area contributed by atoms with E-state index in [4.69, 9.17) is 5.73 Å². The molecule has 3 atom stereocenters. The van der Waals surface area contributed by atoms with E-state index >= 15 is 0 Å². The van der Waals surface area contributed by atoms with Gasteiger partial charge in [-0.25, -0.2) is 4.79 Å². The number of allylic oxidation sites excluding steroid dienone is 1. The number of rotatable bonds is 5. The first-order valence-corrected chi connectivity index (χ1v) is 7.99. The molecule has 1 heterocycles. The lowest BCUT2D eigenvalue weighted by molar-refractivity contribution is -0.384. The normalized spacial score (nSPS) is 25.7. The largest absolute Gasteiger partial charge is 0.481 e. The van der Waals surface area contributed by atoms with E-state index in [2.05, 4.69) is 5.32 Å². The summed E-state index contributed by atoms with van der Waals surface area (Å²) < 4.78 is 0. The summed E-state index contributed by atoms with van der Waals surface area (Å²) in [5, 5.41) is 33.7. The molecular formula is C17H21N3O6. The molecule has 1 aliphatic heterocycles. The van der Waals surface area contributed by atoms with Crippen LogP contribution in [0.2, 0.25) is 0 Å². The predicted octanol–water partition coefficient (Wildman–Crippen LogP) is 1.65. The molecule has 0 aliphatic carbocycles. The molecule has 9 heteroatoms. The number of nitrogens with one attached hydrogen (secondary N) is 1. The van der Waals surface area contributed by atoms with Crippen LogP contribution in [0.25, 0.3) is 0 Å². The van der Waals surface area contributed by atoms with Gasteiger partial charge in [-0.05, 0) is 18.4 Å². The van der Waals surface area contributed by atoms with Crippen molar-refractivity contribution in [2.45, 2.75) is 32.9 Å². The van der Waals surface area contributed by atoms with Crippen LogP contribution in [-0.2, 0) is 9.59 Å². The van der Waals surface area contributed by atoms with Crippen molar-refractivity contribution in [1.82, 2.24) is 5.32 Å². The maximum atomic E-state index is 12.3. The molecular weight excluding hydrogens is 342 g/mol. The predicted molar refractivity (Wildman–Crippen MR) is 92.2 cm³/mol. The highest BCUT2D eigenvalue weighted by Crippen LogP contribution is 2.51. The zero-order valence-electron chi connectivity index (χ0n) is 14.6. The molecule has 1 aromatic carbocycles. The van der Waals surface area contributed by atoms with E-state index in [1.165, 1.54) is 31.2 Å². The van der Waals surface area contributed by atoms with Crippen molar-refractivity contribution in [3.8, 4) is 0 Å². The first-order valence-electron chi connectivity index (χ1n) is 7.99. The molecule has 0 aromatic heterocycles. The van der Waals surface area contributed by atoms with Crippen molar-refractivity contribution in [3.05, 3.63) is 51.2 Å². The Labute approximate surface area is 149 Å². The summed E-state index contributed by atoms with van der Waals surface area (Å²) in [6, 6.07) is 5.37. The highest BCUT2D eigenvalue weighted by molar-refractivity contribution is 5.93. The fourth-order valence-corrected chi connectivity index (χ4v) is 3.81. The molecule has 0 spiro atoms. The van der Waals surface area contributed by atoms with Gasteiger partial charge in [0.15, 0.2) is 0 Å². The molecule has 26 heavy (non-hydrogen) atoms. The Morgan fingerprint density at radius 2 is 1.96 bits per heavy atom. The van der Waals surface area contributed by atoms with Crippen LogP contribution in [0.1, 0.15) is 32.3 Å². The van der Waals surface area contributed by atoms with Crippen molar-refractivity contribution in [2.24, 2.45) is 17.1 Å². The third-order valence-corrected chi connectivity index (χ3v) is 5.03. The topological polar surface area (TPSA) is 156 Å². The average molecular weight is 363 g/mol. The molecule has 140 valence electrons. The number of nitro benzene ring substituents is 1. The van der Waals surface area contributed by atoms with Gasteiger partial charge in [-0.15, -0.1) is 0 Å². The second kappa shape index (κ2) is 6.75. The monoisotopic (exact) mass is 363 g/mol. The number of hydrogen-bond donors (Lipinski definition) is 4. The van der Waals surface area contributed by atoms with Gasteiger partial charge in [0.1, 0.15) is 5.41 Å². The number of nitrogens with two attached hydrogens (primary N) is 1. The second-order valence-corrected chi connectivity index (χ2v) is 6.64. The van der Waals surface area contributed by atoms with Crippen molar-refractivity contribution in [3.63, 3.8) is 0 Å². The van der Waals surface area contributed by atoms with Gasteiger partial charge in [0, 0.05) is 23.7 Å². The van der Waals surface area contributed by atoms with Gasteiger partial charge in [0.25, 0.3) is 5.69 Å². The summed E-state index contributed by atoms with van der Waals surface area (Å²) in [5.74, 6) is -4.29. The Bertz CT molecular complexity index is 803. The molecule has 0 saturated heterocycles. The van der Waals surface area contributed by atoms with Crippen LogP contribution in [-0.4, -0.2) is 33.2 Å². The van der Waals surface area contributed by atoms with Gasteiger partial charge in [0.05, 0.1) is 16.7 Å². The minimum atomic E-state index is -1.71. The maximum absolute atomic E-state index is 12.3. The molecule has 0 amide bonds. The number of carboxylic acid groups (broad SMARTS) is 2. The van der Waals surface area contributed by atoms with Crippen LogP contribution in [0, 0.1) is 21.4 Å². The molecule has 5 N–H and O–H groups in total. The number of aliphatic carboxylic acids is 2. The molecule has 0 saturated carbocycles. The first-order chi connectivity index (χ1) is 12.0. The van der Waals surface area contributed by atoms with Gasteiger partial charge < -0.3 is 21.3 Å². The number of benzene rings is 1. The van der Waals surface area contributed by atoms with Crippen LogP contribution in [0.15, 0.2) is 35.5 Å². The number of hydrogen-bond acceptors (Lipinski definition) is 6. The van der Waals surface area contributed by atoms with E-state index in [1.54, 1.807) is 13.8 Å². The fourth-order valence-electron chi connectivity index (χ4n) is 3.81. The van der Waals surface area contributed by atoms with Crippen molar-refractivity contribution in [2.75, 3.05) is 0 Å². The van der Waals surface area contributed by atoms with Crippen LogP contribution >= 0.6 is 0 Å². The number of nitro groups is 1. The van der Waals surface area contributed by atoms with E-state index in [1.807, 2.05) is 0 Å². The zero-order chi connectivity index (χ0) is 19.8. The Balaban J connectivity index is 2.88. The summed E-state index contributed by atoms with van der Waals surface area (Å²) in [4.78, 5) is 34.8. The third kappa shape index (κ3) is 2.80. The van der Waals surface area contributed by atoms with Crippen LogP contribution in [0.3, 0.4) is 0 Å². The summed E-state index contributed by atoms with van der Waals surface area (Å²) in [6.07, 6.45) is -1.08. The van der Waals surface area contributed by atoms with Gasteiger partial charge in [-0.1, -0.05) is 26.0 Å². The quantitative estimate of drug-likeness (QED) is 0.454. The molecule has 0 bridgehead atoms. The van der Waals surface area contributed by atoms with Gasteiger partial charge in [-0.2, -0.15) is 0 Å². The molecule has 2 rings (SSSR count). The minimum absolute atomic E-state index is 0.164. The Kier molecular flexibility index (Phi) is 5.04. The number of non-ortho nitro benzene ring substituents is 1. The molecule has 1 aromatic rings. The van der Waals surface area contributed by atoms with E-state index < -0.39 is 40.3 Å². The smallest absolute Gasteiger partial charge is 0.333 e. The Morgan fingerprint density at radius 3 is 2.42 bits per heavy atom. The van der Waals surface area contributed by atoms with Gasteiger partial charge in [-0.3, -0.25) is 14.9 Å². The Morgan fingerprint density at radius 1 is 1.35 bits per heavy atom. The van der Waals surface area contributed by atoms with Crippen LogP contribution in [0.5, 0.6) is 0 Å². The zero-order valence-corrected chi connectivity index (χ0v) is 14.6. The lowest BCUT2D eigenvalue weighted by atomic mass is 9.59. The number of carboxylic acids is 2. The maximum Gasteiger partial charge on any atom is 0.333 e. The molecule has 9 nitrogen and oxygen atoms in total. The lowest BCUT2D eigenvalue weighted by Crippen LogP contribution is -2.64. The summed E-state index contributed by atoms with van der Waals surface area (Å²) in [5.41, 5.74) is 4.48. The SMILES string of the molecule is CC1=C(C(=O)O)C(c2cccc([N+](=O)[O-])c2)C(C(=O)O)(C(C)C)C(N)N1. The van der Waals surface area contributed by atoms with Gasteiger partial charge >= 0.3 is 11.9 Å². The van der Waals surface area contributed by atoms with Crippen LogP contribution < -0.4 is 11.1 Å². The van der Waals surface area contributed by atoms with Crippen LogP contribution in [0.4, 0.5) is 5.69 Å². The van der Waals surface area contributed by atoms with E-state index in [9.17, 15) is 29.9 Å². The summed E-state index contributed by atoms with van der Waals surface area (Å²) >= 11 is 0. The summed E-state index contributed by atoms with van der Waals surface area (Å²) in [7, 11) is 0. The number of carbonyl (C=O) groups is 2. The minimum Gasteiger partial charge on any atom is -0.481 e. The standard InChI is InChI=1S/C17H21N3O6/c1-8(2)17(16(23)24)13(10-5-4-6-11(7-10)20(25)26)12(14(21)22)9(3)19-15(17)18/h4-8,13,15,19H,18H2,1-3H3,(H,21,22)(H,23,24). The average Bonchev–Trinajstić information content (AvgIpc) is 2.53. The third-order valence-electron chi connectivity index (χ3n) is 5.03. The van der Waals surface area contributed by atoms with E-state index in [0.29, 0.717) is 0 Å². The fraction of sp³-hybridized carbons (Fsp3) is 0.412.